The molecule has 0 saturated heterocycles. The smallest absolute Gasteiger partial charge is 0.413 e. The third-order valence-electron chi connectivity index (χ3n) is 3.03. The predicted molar refractivity (Wildman–Crippen MR) is 98.7 cm³/mol. The van der Waals surface area contributed by atoms with E-state index in [9.17, 15) is 4.79 Å². The number of oxime groups is 1. The molecule has 0 aromatic carbocycles. The lowest BCUT2D eigenvalue weighted by molar-refractivity contribution is 0.0635. The maximum absolute atomic E-state index is 11.9. The maximum atomic E-state index is 11.9. The van der Waals surface area contributed by atoms with Gasteiger partial charge in [0, 0.05) is 14.7 Å². The lowest BCUT2D eigenvalue weighted by Gasteiger charge is -2.19. The zero-order chi connectivity index (χ0) is 19.3. The lowest BCUT2D eigenvalue weighted by atomic mass is 10.2. The topological polar surface area (TPSA) is 124 Å². The monoisotopic (exact) mass is 371 g/mol. The molecule has 25 heavy (non-hydrogen) atoms. The Morgan fingerprint density at radius 2 is 2.08 bits per heavy atom. The Balaban J connectivity index is 2.83. The Kier molecular flexibility index (Phi) is 7.00. The van der Waals surface area contributed by atoms with Gasteiger partial charge >= 0.3 is 6.09 Å². The minimum atomic E-state index is -1.19. The van der Waals surface area contributed by atoms with Crippen LogP contribution < -0.4 is 11.1 Å². The van der Waals surface area contributed by atoms with Crippen LogP contribution in [0.5, 0.6) is 0 Å². The zero-order valence-corrected chi connectivity index (χ0v) is 16.8. The summed E-state index contributed by atoms with van der Waals surface area (Å²) >= 11 is 0. The molecule has 0 radical (unpaired) electrons. The second-order valence-electron chi connectivity index (χ2n) is 7.87. The molecule has 0 aliphatic rings. The summed E-state index contributed by atoms with van der Waals surface area (Å²) in [5, 5.41) is 14.5. The van der Waals surface area contributed by atoms with Crippen molar-refractivity contribution >= 4 is 25.8 Å². The van der Waals surface area contributed by atoms with Crippen molar-refractivity contribution in [3.05, 3.63) is 12.0 Å². The minimum absolute atomic E-state index is 0.137. The zero-order valence-electron chi connectivity index (χ0n) is 15.8. The van der Waals surface area contributed by atoms with Crippen LogP contribution in [0.1, 0.15) is 26.5 Å². The highest BCUT2D eigenvalue weighted by molar-refractivity contribution is 6.76. The number of anilines is 1. The second-order valence-corrected chi connectivity index (χ2v) is 13.5. The lowest BCUT2D eigenvalue weighted by Crippen LogP contribution is -2.29. The van der Waals surface area contributed by atoms with Crippen LogP contribution >= 0.6 is 0 Å². The molecule has 10 heteroatoms. The standard InChI is InChI=1S/C15H29N5O4Si/c1-15(2,3)24-14(21)18-13-11(12(16)19-22)20(9-17-13)10-23-7-8-25(4,5)6/h9,22H,7-8,10H2,1-6H3,(H2,16,19)(H,18,21). The molecule has 1 amide bonds. The molecule has 1 rings (SSSR count). The molecule has 0 aliphatic heterocycles. The number of carbonyl (C=O) groups excluding carboxylic acids is 1. The van der Waals surface area contributed by atoms with E-state index in [4.69, 9.17) is 20.4 Å². The predicted octanol–water partition coefficient (Wildman–Crippen LogP) is 2.64. The van der Waals surface area contributed by atoms with Gasteiger partial charge < -0.3 is 25.0 Å². The molecule has 0 aliphatic carbocycles. The van der Waals surface area contributed by atoms with E-state index < -0.39 is 19.8 Å². The van der Waals surface area contributed by atoms with Gasteiger partial charge in [-0.1, -0.05) is 24.8 Å². The molecule has 0 spiro atoms. The SMILES string of the molecule is CC(C)(C)OC(=O)Nc1ncn(COCC[Si](C)(C)C)c1/C(N)=N/O. The van der Waals surface area contributed by atoms with Crippen molar-refractivity contribution in [1.29, 1.82) is 0 Å². The van der Waals surface area contributed by atoms with Crippen molar-refractivity contribution in [2.45, 2.75) is 58.8 Å². The van der Waals surface area contributed by atoms with Crippen molar-refractivity contribution in [3.63, 3.8) is 0 Å². The normalized spacial score (nSPS) is 13.0. The summed E-state index contributed by atoms with van der Waals surface area (Å²) in [6.07, 6.45) is 0.776. The molecular weight excluding hydrogens is 342 g/mol. The van der Waals surface area contributed by atoms with E-state index in [1.807, 2.05) is 0 Å². The highest BCUT2D eigenvalue weighted by atomic mass is 28.3. The van der Waals surface area contributed by atoms with Crippen LogP contribution in [0.4, 0.5) is 10.6 Å². The van der Waals surface area contributed by atoms with Gasteiger partial charge in [0.2, 0.25) is 0 Å². The van der Waals surface area contributed by atoms with Gasteiger partial charge in [-0.15, -0.1) is 0 Å². The van der Waals surface area contributed by atoms with Crippen LogP contribution in [0, 0.1) is 0 Å². The number of ether oxygens (including phenoxy) is 2. The van der Waals surface area contributed by atoms with Crippen LogP contribution in [-0.2, 0) is 16.2 Å². The first-order valence-corrected chi connectivity index (χ1v) is 11.7. The molecule has 0 saturated carbocycles. The van der Waals surface area contributed by atoms with E-state index in [-0.39, 0.29) is 24.1 Å². The molecule has 0 unspecified atom stereocenters. The first kappa shape index (κ1) is 21.0. The van der Waals surface area contributed by atoms with Crippen molar-refractivity contribution in [2.24, 2.45) is 10.9 Å². The van der Waals surface area contributed by atoms with E-state index in [2.05, 4.69) is 35.1 Å². The average Bonchev–Trinajstić information content (AvgIpc) is 2.82. The highest BCUT2D eigenvalue weighted by Crippen LogP contribution is 2.16. The van der Waals surface area contributed by atoms with Gasteiger partial charge in [-0.05, 0) is 26.8 Å². The molecule has 142 valence electrons. The summed E-state index contributed by atoms with van der Waals surface area (Å²) in [4.78, 5) is 16.0. The molecule has 0 bridgehead atoms. The van der Waals surface area contributed by atoms with Crippen molar-refractivity contribution in [3.8, 4) is 0 Å². The highest BCUT2D eigenvalue weighted by Gasteiger charge is 2.21. The first-order valence-electron chi connectivity index (χ1n) is 8.04. The van der Waals surface area contributed by atoms with E-state index in [1.54, 1.807) is 25.3 Å². The van der Waals surface area contributed by atoms with Crippen LogP contribution in [-0.4, -0.2) is 47.0 Å². The fraction of sp³-hybridized carbons (Fsp3) is 0.667. The van der Waals surface area contributed by atoms with Gasteiger partial charge in [-0.2, -0.15) is 0 Å². The number of hydrogen-bond acceptors (Lipinski definition) is 6. The summed E-state index contributed by atoms with van der Waals surface area (Å²) in [6.45, 7) is 12.8. The largest absolute Gasteiger partial charge is 0.444 e. The number of amides is 1. The molecule has 1 aromatic rings. The van der Waals surface area contributed by atoms with Gasteiger partial charge in [-0.25, -0.2) is 9.78 Å². The average molecular weight is 372 g/mol. The van der Waals surface area contributed by atoms with Gasteiger partial charge in [0.15, 0.2) is 11.7 Å². The van der Waals surface area contributed by atoms with Crippen LogP contribution in [0.3, 0.4) is 0 Å². The quantitative estimate of drug-likeness (QED) is 0.169. The third-order valence-corrected chi connectivity index (χ3v) is 4.74. The van der Waals surface area contributed by atoms with Gasteiger partial charge in [0.1, 0.15) is 18.0 Å². The number of nitrogens with one attached hydrogen (secondary N) is 1. The first-order chi connectivity index (χ1) is 11.4. The number of amidine groups is 1. The molecule has 9 nitrogen and oxygen atoms in total. The van der Waals surface area contributed by atoms with E-state index >= 15 is 0 Å². The summed E-state index contributed by atoms with van der Waals surface area (Å²) in [7, 11) is -1.19. The number of rotatable bonds is 7. The van der Waals surface area contributed by atoms with Crippen molar-refractivity contribution in [2.75, 3.05) is 11.9 Å². The Morgan fingerprint density at radius 3 is 2.60 bits per heavy atom. The van der Waals surface area contributed by atoms with Crippen LogP contribution in [0.25, 0.3) is 0 Å². The second kappa shape index (κ2) is 8.34. The molecule has 1 aromatic heterocycles. The molecule has 0 fully saturated rings. The molecule has 4 N–H and O–H groups in total. The Morgan fingerprint density at radius 1 is 1.44 bits per heavy atom. The van der Waals surface area contributed by atoms with Gasteiger partial charge in [0.25, 0.3) is 0 Å². The Hall–Kier alpha value is -2.07. The van der Waals surface area contributed by atoms with Crippen LogP contribution in [0.15, 0.2) is 11.5 Å². The number of nitrogens with zero attached hydrogens (tertiary/aromatic N) is 3. The van der Waals surface area contributed by atoms with E-state index in [0.717, 1.165) is 6.04 Å². The van der Waals surface area contributed by atoms with Gasteiger partial charge in [0.05, 0.1) is 6.33 Å². The Labute approximate surface area is 149 Å². The summed E-state index contributed by atoms with van der Waals surface area (Å²) < 4.78 is 12.4. The van der Waals surface area contributed by atoms with Gasteiger partial charge in [-0.3, -0.25) is 5.32 Å². The molecule has 0 atom stereocenters. The number of imidazole rings is 1. The number of hydrogen-bond donors (Lipinski definition) is 3. The fourth-order valence-electron chi connectivity index (χ4n) is 1.83. The van der Waals surface area contributed by atoms with Crippen LogP contribution in [0.2, 0.25) is 25.7 Å². The minimum Gasteiger partial charge on any atom is -0.444 e. The summed E-state index contributed by atoms with van der Waals surface area (Å²) in [5.74, 6) is -0.0456. The molecular formula is C15H29N5O4Si. The summed E-state index contributed by atoms with van der Waals surface area (Å²) in [6, 6.07) is 1.02. The summed E-state index contributed by atoms with van der Waals surface area (Å²) in [5.41, 5.74) is 5.32. The van der Waals surface area contributed by atoms with E-state index in [1.165, 1.54) is 6.33 Å². The number of nitrogens with two attached hydrogens (primary N) is 1. The molecule has 1 heterocycles. The number of aromatic nitrogens is 2. The van der Waals surface area contributed by atoms with Crippen molar-refractivity contribution < 1.29 is 19.5 Å². The third kappa shape index (κ3) is 7.56. The van der Waals surface area contributed by atoms with Crippen molar-refractivity contribution in [1.82, 2.24) is 9.55 Å². The number of carbonyl (C=O) groups is 1. The van der Waals surface area contributed by atoms with E-state index in [0.29, 0.717) is 6.61 Å². The Bertz CT molecular complexity index is 616. The fourth-order valence-corrected chi connectivity index (χ4v) is 2.59. The maximum Gasteiger partial charge on any atom is 0.413 e.